The number of fused-ring (bicyclic) bond motifs is 1. The van der Waals surface area contributed by atoms with E-state index in [1.54, 1.807) is 17.0 Å². The molecule has 19 heavy (non-hydrogen) atoms. The van der Waals surface area contributed by atoms with E-state index in [1.807, 2.05) is 18.2 Å². The molecule has 4 nitrogen and oxygen atoms in total. The van der Waals surface area contributed by atoms with Gasteiger partial charge in [-0.2, -0.15) is 4.73 Å². The molecule has 4 heteroatoms. The molecular weight excluding hydrogens is 240 g/mol. The highest BCUT2D eigenvalue weighted by Gasteiger charge is 2.22. The molecule has 1 aromatic heterocycles. The fourth-order valence-corrected chi connectivity index (χ4v) is 2.43. The Morgan fingerprint density at radius 3 is 2.74 bits per heavy atom. The Hall–Kier alpha value is -2.36. The van der Waals surface area contributed by atoms with Gasteiger partial charge in [-0.05, 0) is 23.6 Å². The number of carbonyl (C=O) groups is 1. The van der Waals surface area contributed by atoms with Crippen molar-refractivity contribution in [2.45, 2.75) is 13.0 Å². The van der Waals surface area contributed by atoms with Crippen LogP contribution in [0, 0.1) is 5.21 Å². The van der Waals surface area contributed by atoms with Crippen LogP contribution in [-0.4, -0.2) is 17.4 Å². The van der Waals surface area contributed by atoms with Crippen molar-refractivity contribution in [3.8, 4) is 0 Å². The van der Waals surface area contributed by atoms with Crippen LogP contribution in [-0.2, 0) is 13.0 Å². The number of amides is 1. The number of nitrogens with zero attached hydrogens (tertiary/aromatic N) is 2. The van der Waals surface area contributed by atoms with Gasteiger partial charge in [0, 0.05) is 19.2 Å². The summed E-state index contributed by atoms with van der Waals surface area (Å²) in [6.07, 6.45) is 3.57. The zero-order chi connectivity index (χ0) is 13.2. The fourth-order valence-electron chi connectivity index (χ4n) is 2.43. The van der Waals surface area contributed by atoms with Gasteiger partial charge in [0.15, 0.2) is 12.4 Å². The maximum absolute atomic E-state index is 12.3. The van der Waals surface area contributed by atoms with Gasteiger partial charge in [0.25, 0.3) is 5.91 Å². The Morgan fingerprint density at radius 1 is 1.16 bits per heavy atom. The molecule has 0 aliphatic carbocycles. The molecule has 2 heterocycles. The molecule has 0 N–H and O–H groups in total. The van der Waals surface area contributed by atoms with Crippen molar-refractivity contribution in [1.82, 2.24) is 4.90 Å². The lowest BCUT2D eigenvalue weighted by atomic mass is 9.99. The second-order valence-corrected chi connectivity index (χ2v) is 4.70. The lowest BCUT2D eigenvalue weighted by Gasteiger charge is -2.28. The topological polar surface area (TPSA) is 47.2 Å². The van der Waals surface area contributed by atoms with E-state index in [-0.39, 0.29) is 5.91 Å². The van der Waals surface area contributed by atoms with Crippen LogP contribution < -0.4 is 4.73 Å². The molecule has 0 spiro atoms. The number of hydrogen-bond acceptors (Lipinski definition) is 2. The molecule has 0 atom stereocenters. The second kappa shape index (κ2) is 4.72. The van der Waals surface area contributed by atoms with Gasteiger partial charge in [-0.3, -0.25) is 4.79 Å². The van der Waals surface area contributed by atoms with E-state index < -0.39 is 0 Å². The van der Waals surface area contributed by atoms with Gasteiger partial charge in [-0.25, -0.2) is 0 Å². The van der Waals surface area contributed by atoms with E-state index in [4.69, 9.17) is 0 Å². The van der Waals surface area contributed by atoms with Crippen molar-refractivity contribution >= 4 is 5.91 Å². The van der Waals surface area contributed by atoms with E-state index in [2.05, 4.69) is 6.07 Å². The monoisotopic (exact) mass is 254 g/mol. The standard InChI is InChI=1S/C15H14N2O2/c18-15(14-6-3-8-17(19)11-14)16-9-7-12-4-1-2-5-13(12)10-16/h1-6,8,11H,7,9-10H2. The van der Waals surface area contributed by atoms with Gasteiger partial charge in [0.05, 0.1) is 0 Å². The molecular formula is C15H14N2O2. The largest absolute Gasteiger partial charge is 0.619 e. The highest BCUT2D eigenvalue weighted by Crippen LogP contribution is 2.19. The Labute approximate surface area is 111 Å². The molecule has 96 valence electrons. The van der Waals surface area contributed by atoms with Crippen molar-refractivity contribution < 1.29 is 9.52 Å². The Balaban J connectivity index is 1.83. The Bertz CT molecular complexity index is 625. The first-order chi connectivity index (χ1) is 9.24. The van der Waals surface area contributed by atoms with E-state index in [0.29, 0.717) is 23.4 Å². The van der Waals surface area contributed by atoms with Gasteiger partial charge in [-0.15, -0.1) is 0 Å². The molecule has 0 bridgehead atoms. The third kappa shape index (κ3) is 2.29. The van der Waals surface area contributed by atoms with E-state index in [9.17, 15) is 10.0 Å². The molecule has 0 unspecified atom stereocenters. The summed E-state index contributed by atoms with van der Waals surface area (Å²) < 4.78 is 0.658. The summed E-state index contributed by atoms with van der Waals surface area (Å²) in [4.78, 5) is 14.1. The third-order valence-corrected chi connectivity index (χ3v) is 3.44. The zero-order valence-corrected chi connectivity index (χ0v) is 10.5. The SMILES string of the molecule is O=C(c1ccc[n+]([O-])c1)N1CCc2ccccc2C1. The predicted molar refractivity (Wildman–Crippen MR) is 70.3 cm³/mol. The Morgan fingerprint density at radius 2 is 1.95 bits per heavy atom. The summed E-state index contributed by atoms with van der Waals surface area (Å²) in [6, 6.07) is 11.4. The smallest absolute Gasteiger partial charge is 0.260 e. The first-order valence-corrected chi connectivity index (χ1v) is 6.29. The third-order valence-electron chi connectivity index (χ3n) is 3.44. The van der Waals surface area contributed by atoms with Crippen molar-refractivity contribution in [2.75, 3.05) is 6.54 Å². The average molecular weight is 254 g/mol. The summed E-state index contributed by atoms with van der Waals surface area (Å²) in [6.45, 7) is 1.31. The molecule has 3 rings (SSSR count). The number of pyridine rings is 1. The normalized spacial score (nSPS) is 14.0. The Kier molecular flexibility index (Phi) is 2.91. The van der Waals surface area contributed by atoms with Crippen LogP contribution in [0.25, 0.3) is 0 Å². The van der Waals surface area contributed by atoms with Crippen LogP contribution in [0.4, 0.5) is 0 Å². The summed E-state index contributed by atoms with van der Waals surface area (Å²) in [5.41, 5.74) is 2.93. The van der Waals surface area contributed by atoms with Crippen molar-refractivity contribution in [2.24, 2.45) is 0 Å². The molecule has 1 aromatic carbocycles. The zero-order valence-electron chi connectivity index (χ0n) is 10.5. The summed E-state index contributed by atoms with van der Waals surface area (Å²) in [5.74, 6) is -0.0836. The van der Waals surface area contributed by atoms with E-state index >= 15 is 0 Å². The molecule has 0 fully saturated rings. The van der Waals surface area contributed by atoms with Gasteiger partial charge in [-0.1, -0.05) is 24.3 Å². The predicted octanol–water partition coefficient (Wildman–Crippen LogP) is 1.52. The molecule has 1 aliphatic heterocycles. The highest BCUT2D eigenvalue weighted by atomic mass is 16.5. The summed E-state index contributed by atoms with van der Waals surface area (Å²) in [7, 11) is 0. The fraction of sp³-hybridized carbons (Fsp3) is 0.200. The number of rotatable bonds is 1. The van der Waals surface area contributed by atoms with Gasteiger partial charge in [0.2, 0.25) is 0 Å². The van der Waals surface area contributed by atoms with Crippen LogP contribution in [0.15, 0.2) is 48.8 Å². The number of hydrogen-bond donors (Lipinski definition) is 0. The molecule has 0 saturated heterocycles. The molecule has 0 radical (unpaired) electrons. The lowest BCUT2D eigenvalue weighted by molar-refractivity contribution is -0.605. The van der Waals surface area contributed by atoms with Crippen molar-refractivity contribution in [3.63, 3.8) is 0 Å². The van der Waals surface area contributed by atoms with Gasteiger partial charge >= 0.3 is 0 Å². The van der Waals surface area contributed by atoms with Crippen LogP contribution >= 0.6 is 0 Å². The second-order valence-electron chi connectivity index (χ2n) is 4.70. The van der Waals surface area contributed by atoms with Crippen LogP contribution in [0.5, 0.6) is 0 Å². The molecule has 1 amide bonds. The van der Waals surface area contributed by atoms with Crippen LogP contribution in [0.1, 0.15) is 21.5 Å². The van der Waals surface area contributed by atoms with Crippen LogP contribution in [0.3, 0.4) is 0 Å². The minimum Gasteiger partial charge on any atom is -0.619 e. The molecule has 1 aliphatic rings. The molecule has 2 aromatic rings. The minimum absolute atomic E-state index is 0.0836. The first kappa shape index (κ1) is 11.7. The minimum atomic E-state index is -0.0836. The van der Waals surface area contributed by atoms with Gasteiger partial charge in [0.1, 0.15) is 5.56 Å². The van der Waals surface area contributed by atoms with E-state index in [1.165, 1.54) is 23.5 Å². The number of benzene rings is 1. The summed E-state index contributed by atoms with van der Waals surface area (Å²) >= 11 is 0. The van der Waals surface area contributed by atoms with Gasteiger partial charge < -0.3 is 10.1 Å². The van der Waals surface area contributed by atoms with Crippen LogP contribution in [0.2, 0.25) is 0 Å². The number of carbonyl (C=O) groups excluding carboxylic acids is 1. The number of aromatic nitrogens is 1. The summed E-state index contributed by atoms with van der Waals surface area (Å²) in [5, 5.41) is 11.2. The maximum Gasteiger partial charge on any atom is 0.260 e. The average Bonchev–Trinajstić information content (AvgIpc) is 2.46. The van der Waals surface area contributed by atoms with Crippen molar-refractivity contribution in [3.05, 3.63) is 70.7 Å². The highest BCUT2D eigenvalue weighted by molar-refractivity contribution is 5.93. The quantitative estimate of drug-likeness (QED) is 0.572. The molecule has 0 saturated carbocycles. The maximum atomic E-state index is 12.3. The lowest BCUT2D eigenvalue weighted by Crippen LogP contribution is -2.37. The van der Waals surface area contributed by atoms with Crippen molar-refractivity contribution in [1.29, 1.82) is 0 Å². The first-order valence-electron chi connectivity index (χ1n) is 6.29. The van der Waals surface area contributed by atoms with E-state index in [0.717, 1.165) is 6.42 Å².